The Morgan fingerprint density at radius 1 is 1.15 bits per heavy atom. The molecule has 2 aromatic carbocycles. The number of fused-ring (bicyclic) bond motifs is 1. The number of ether oxygens (including phenoxy) is 1. The maximum absolute atomic E-state index is 13.2. The predicted molar refractivity (Wildman–Crippen MR) is 143 cm³/mol. The number of amides is 4. The fourth-order valence-electron chi connectivity index (χ4n) is 5.00. The summed E-state index contributed by atoms with van der Waals surface area (Å²) in [7, 11) is 1.54. The maximum atomic E-state index is 13.2. The second kappa shape index (κ2) is 9.16. The van der Waals surface area contributed by atoms with Crippen molar-refractivity contribution in [1.82, 2.24) is 25.5 Å². The maximum Gasteiger partial charge on any atom is 0.322 e. The van der Waals surface area contributed by atoms with Gasteiger partial charge in [0.2, 0.25) is 0 Å². The summed E-state index contributed by atoms with van der Waals surface area (Å²) in [4.78, 5) is 42.7. The van der Waals surface area contributed by atoms with Crippen LogP contribution in [0.1, 0.15) is 34.5 Å². The summed E-state index contributed by atoms with van der Waals surface area (Å²) >= 11 is 0. The average Bonchev–Trinajstić information content (AvgIpc) is 3.63. The van der Waals surface area contributed by atoms with Crippen molar-refractivity contribution in [3.05, 3.63) is 77.6 Å². The molecule has 1 saturated heterocycles. The molecule has 6 rings (SSSR count). The number of nitrogens with one attached hydrogen (secondary N) is 3. The van der Waals surface area contributed by atoms with Crippen LogP contribution in [0, 0.1) is 6.92 Å². The number of aromatic hydroxyl groups is 1. The van der Waals surface area contributed by atoms with E-state index in [1.807, 2.05) is 13.0 Å². The van der Waals surface area contributed by atoms with Crippen LogP contribution in [-0.4, -0.2) is 45.7 Å². The number of carbonyl (C=O) groups excluding carboxylic acids is 3. The molecule has 1 atom stereocenters. The van der Waals surface area contributed by atoms with Crippen molar-refractivity contribution < 1.29 is 24.2 Å². The monoisotopic (exact) mass is 525 g/mol. The third-order valence-corrected chi connectivity index (χ3v) is 7.22. The Morgan fingerprint density at radius 2 is 1.92 bits per heavy atom. The SMILES string of the molecule is COc1ccc2cn(CC3(c4ccc(-c5cc(C(=O)NC6CC6)cc(C)n5)cc4)NC(=O)NC3=O)c(O)c2c1. The molecule has 2 fully saturated rings. The van der Waals surface area contributed by atoms with Crippen LogP contribution in [0.5, 0.6) is 11.6 Å². The van der Waals surface area contributed by atoms with Gasteiger partial charge >= 0.3 is 6.03 Å². The van der Waals surface area contributed by atoms with Crippen molar-refractivity contribution in [3.8, 4) is 22.9 Å². The molecule has 2 aromatic heterocycles. The number of rotatable bonds is 7. The minimum Gasteiger partial charge on any atom is -0.497 e. The van der Waals surface area contributed by atoms with E-state index in [4.69, 9.17) is 4.74 Å². The van der Waals surface area contributed by atoms with Gasteiger partial charge in [-0.05, 0) is 55.7 Å². The number of benzene rings is 2. The van der Waals surface area contributed by atoms with E-state index in [0.717, 1.165) is 23.8 Å². The standard InChI is InChI=1S/C29H27N5O5/c1-16-11-19(25(35)31-21-8-9-21)12-24(30-16)17-3-6-20(7-4-17)29(27(37)32-28(38)33-29)15-34-14-18-5-10-22(39-2)13-23(18)26(34)36/h3-7,10-14,21,36H,8-9,15H2,1-2H3,(H,31,35)(H2,32,33,37,38). The number of aryl methyl sites for hydroxylation is 1. The zero-order chi connectivity index (χ0) is 27.3. The number of nitrogens with zero attached hydrogens (tertiary/aromatic N) is 2. The molecule has 0 bridgehead atoms. The molecule has 4 aromatic rings. The molecule has 198 valence electrons. The van der Waals surface area contributed by atoms with E-state index in [1.54, 1.807) is 61.8 Å². The Balaban J connectivity index is 1.35. The van der Waals surface area contributed by atoms with Crippen molar-refractivity contribution in [2.24, 2.45) is 0 Å². The highest BCUT2D eigenvalue weighted by molar-refractivity contribution is 6.07. The van der Waals surface area contributed by atoms with Gasteiger partial charge in [-0.1, -0.05) is 24.3 Å². The molecule has 4 amide bonds. The largest absolute Gasteiger partial charge is 0.497 e. The summed E-state index contributed by atoms with van der Waals surface area (Å²) in [5, 5.41) is 20.4. The highest BCUT2D eigenvalue weighted by Crippen LogP contribution is 2.35. The third-order valence-electron chi connectivity index (χ3n) is 7.22. The summed E-state index contributed by atoms with van der Waals surface area (Å²) < 4.78 is 6.80. The number of aromatic nitrogens is 2. The van der Waals surface area contributed by atoms with Crippen LogP contribution >= 0.6 is 0 Å². The van der Waals surface area contributed by atoms with Crippen LogP contribution in [0.4, 0.5) is 4.79 Å². The van der Waals surface area contributed by atoms with E-state index in [0.29, 0.717) is 33.7 Å². The fraction of sp³-hybridized carbons (Fsp3) is 0.241. The Labute approximate surface area is 224 Å². The molecule has 1 unspecified atom stereocenters. The zero-order valence-corrected chi connectivity index (χ0v) is 21.4. The Hall–Kier alpha value is -4.86. The van der Waals surface area contributed by atoms with Gasteiger partial charge in [-0.3, -0.25) is 19.9 Å². The number of hydrogen-bond acceptors (Lipinski definition) is 6. The van der Waals surface area contributed by atoms with E-state index < -0.39 is 17.5 Å². The molecule has 4 N–H and O–H groups in total. The highest BCUT2D eigenvalue weighted by atomic mass is 16.5. The zero-order valence-electron chi connectivity index (χ0n) is 21.4. The van der Waals surface area contributed by atoms with Crippen molar-refractivity contribution in [2.45, 2.75) is 37.9 Å². The molecule has 39 heavy (non-hydrogen) atoms. The molecule has 1 aliphatic heterocycles. The summed E-state index contributed by atoms with van der Waals surface area (Å²) in [5.74, 6) is -0.107. The lowest BCUT2D eigenvalue weighted by atomic mass is 9.88. The van der Waals surface area contributed by atoms with Gasteiger partial charge in [0.05, 0.1) is 19.3 Å². The van der Waals surface area contributed by atoms with Gasteiger partial charge in [-0.2, -0.15) is 0 Å². The average molecular weight is 526 g/mol. The summed E-state index contributed by atoms with van der Waals surface area (Å²) in [6, 6.07) is 15.5. The molecule has 10 heteroatoms. The van der Waals surface area contributed by atoms with Crippen molar-refractivity contribution in [3.63, 3.8) is 0 Å². The van der Waals surface area contributed by atoms with Crippen molar-refractivity contribution >= 4 is 28.6 Å². The predicted octanol–water partition coefficient (Wildman–Crippen LogP) is 3.35. The molecule has 1 saturated carbocycles. The number of urea groups is 1. The van der Waals surface area contributed by atoms with E-state index in [-0.39, 0.29) is 24.4 Å². The van der Waals surface area contributed by atoms with Gasteiger partial charge < -0.3 is 25.0 Å². The highest BCUT2D eigenvalue weighted by Gasteiger charge is 2.48. The molecule has 0 spiro atoms. The number of hydrogen-bond donors (Lipinski definition) is 4. The first kappa shape index (κ1) is 24.5. The molecule has 2 aliphatic rings. The number of methoxy groups -OCH3 is 1. The second-order valence-corrected chi connectivity index (χ2v) is 10.1. The number of pyridine rings is 1. The number of imide groups is 1. The third kappa shape index (κ3) is 4.43. The van der Waals surface area contributed by atoms with Crippen molar-refractivity contribution in [1.29, 1.82) is 0 Å². The molecule has 0 radical (unpaired) electrons. The molecule has 1 aliphatic carbocycles. The molecular formula is C29H27N5O5. The van der Waals surface area contributed by atoms with Gasteiger partial charge in [0.15, 0.2) is 11.4 Å². The van der Waals surface area contributed by atoms with Crippen LogP contribution < -0.4 is 20.7 Å². The lowest BCUT2D eigenvalue weighted by Crippen LogP contribution is -2.47. The summed E-state index contributed by atoms with van der Waals surface area (Å²) in [5.41, 5.74) is 1.71. The van der Waals surface area contributed by atoms with Crippen LogP contribution in [0.3, 0.4) is 0 Å². The molecule has 10 nitrogen and oxygen atoms in total. The quantitative estimate of drug-likeness (QED) is 0.274. The first-order chi connectivity index (χ1) is 18.8. The van der Waals surface area contributed by atoms with Crippen LogP contribution in [0.15, 0.2) is 60.8 Å². The Bertz CT molecular complexity index is 1640. The topological polar surface area (TPSA) is 135 Å². The van der Waals surface area contributed by atoms with Crippen LogP contribution in [-0.2, 0) is 16.9 Å². The lowest BCUT2D eigenvalue weighted by molar-refractivity contribution is -0.124. The van der Waals surface area contributed by atoms with E-state index in [9.17, 15) is 19.5 Å². The number of carbonyl (C=O) groups is 3. The Morgan fingerprint density at radius 3 is 2.59 bits per heavy atom. The molecular weight excluding hydrogens is 498 g/mol. The van der Waals surface area contributed by atoms with Crippen molar-refractivity contribution in [2.75, 3.05) is 7.11 Å². The van der Waals surface area contributed by atoms with E-state index in [1.165, 1.54) is 4.57 Å². The van der Waals surface area contributed by atoms with Gasteiger partial charge in [0.25, 0.3) is 11.8 Å². The van der Waals surface area contributed by atoms with Gasteiger partial charge in [-0.25, -0.2) is 4.79 Å². The van der Waals surface area contributed by atoms with E-state index >= 15 is 0 Å². The fourth-order valence-corrected chi connectivity index (χ4v) is 5.00. The lowest BCUT2D eigenvalue weighted by Gasteiger charge is -2.27. The molecule has 3 heterocycles. The minimum absolute atomic E-state index is 0.0407. The minimum atomic E-state index is -1.46. The summed E-state index contributed by atoms with van der Waals surface area (Å²) in [6.45, 7) is 1.79. The first-order valence-electron chi connectivity index (χ1n) is 12.7. The van der Waals surface area contributed by atoms with Gasteiger partial charge in [0.1, 0.15) is 5.75 Å². The van der Waals surface area contributed by atoms with Gasteiger partial charge in [-0.15, -0.1) is 0 Å². The normalized spacial score (nSPS) is 18.6. The second-order valence-electron chi connectivity index (χ2n) is 10.1. The van der Waals surface area contributed by atoms with Gasteiger partial charge in [0, 0.05) is 39.8 Å². The van der Waals surface area contributed by atoms with Crippen LogP contribution in [0.25, 0.3) is 22.0 Å². The van der Waals surface area contributed by atoms with Crippen LogP contribution in [0.2, 0.25) is 0 Å². The Kier molecular flexibility index (Phi) is 5.75. The van der Waals surface area contributed by atoms with E-state index in [2.05, 4.69) is 20.9 Å². The first-order valence-corrected chi connectivity index (χ1v) is 12.7. The summed E-state index contributed by atoms with van der Waals surface area (Å²) in [6.07, 6.45) is 3.73. The smallest absolute Gasteiger partial charge is 0.322 e.